The van der Waals surface area contributed by atoms with Crippen LogP contribution in [-0.4, -0.2) is 73.1 Å². The van der Waals surface area contributed by atoms with Crippen LogP contribution < -0.4 is 21.5 Å². The SMILES string of the molecule is CN1CC2CCC(C1)N2c1cc(NC(=O)Cn2cc(-c3cc(C(N)=O)c(O)c(F)c3F)c3c(=O)n(C)cnc32)c(Cl)cn1. The number of likely N-dealkylation sites (N-methyl/N-ethyl adjacent to an activating group) is 1. The monoisotopic (exact) mass is 612 g/mol. The van der Waals surface area contributed by atoms with E-state index in [1.807, 2.05) is 0 Å². The predicted molar refractivity (Wildman–Crippen MR) is 155 cm³/mol. The van der Waals surface area contributed by atoms with Gasteiger partial charge in [-0.25, -0.2) is 14.4 Å². The molecule has 43 heavy (non-hydrogen) atoms. The van der Waals surface area contributed by atoms with Crippen LogP contribution in [0.5, 0.6) is 5.75 Å². The number of aromatic hydroxyl groups is 1. The zero-order valence-electron chi connectivity index (χ0n) is 23.1. The lowest BCUT2D eigenvalue weighted by atomic mass is 10.0. The van der Waals surface area contributed by atoms with Crippen molar-refractivity contribution in [2.45, 2.75) is 31.5 Å². The van der Waals surface area contributed by atoms with Crippen molar-refractivity contribution in [3.63, 3.8) is 0 Å². The van der Waals surface area contributed by atoms with Crippen LogP contribution in [0, 0.1) is 11.6 Å². The Morgan fingerprint density at radius 2 is 1.81 bits per heavy atom. The van der Waals surface area contributed by atoms with E-state index in [1.54, 1.807) is 6.07 Å². The first kappa shape index (κ1) is 28.6. The van der Waals surface area contributed by atoms with Crippen molar-refractivity contribution < 1.29 is 23.5 Å². The number of nitrogens with two attached hydrogens (primary N) is 1. The number of carbonyl (C=O) groups is 2. The van der Waals surface area contributed by atoms with Crippen molar-refractivity contribution in [2.24, 2.45) is 12.8 Å². The third-order valence-electron chi connectivity index (χ3n) is 8.03. The van der Waals surface area contributed by atoms with Gasteiger partial charge in [-0.05, 0) is 26.0 Å². The molecule has 2 aliphatic rings. The lowest BCUT2D eigenvalue weighted by Crippen LogP contribution is -2.52. The van der Waals surface area contributed by atoms with Crippen molar-refractivity contribution in [1.82, 2.24) is 24.0 Å². The molecule has 0 aliphatic carbocycles. The Bertz CT molecular complexity index is 1860. The molecule has 1 aromatic carbocycles. The number of anilines is 2. The first-order valence-corrected chi connectivity index (χ1v) is 13.8. The van der Waals surface area contributed by atoms with Gasteiger partial charge in [0, 0.05) is 55.6 Å². The van der Waals surface area contributed by atoms with E-state index in [9.17, 15) is 23.9 Å². The summed E-state index contributed by atoms with van der Waals surface area (Å²) in [6, 6.07) is 3.19. The van der Waals surface area contributed by atoms with Gasteiger partial charge in [-0.1, -0.05) is 11.6 Å². The number of piperazine rings is 1. The van der Waals surface area contributed by atoms with Crippen LogP contribution in [0.15, 0.2) is 35.6 Å². The maximum absolute atomic E-state index is 15.1. The maximum atomic E-state index is 15.1. The molecule has 3 aromatic heterocycles. The highest BCUT2D eigenvalue weighted by molar-refractivity contribution is 6.33. The van der Waals surface area contributed by atoms with E-state index in [0.717, 1.165) is 36.6 Å². The summed E-state index contributed by atoms with van der Waals surface area (Å²) in [6.07, 6.45) is 6.05. The van der Waals surface area contributed by atoms with Crippen molar-refractivity contribution in [1.29, 1.82) is 0 Å². The number of hydrogen-bond donors (Lipinski definition) is 3. The number of nitrogens with one attached hydrogen (secondary N) is 1. The lowest BCUT2D eigenvalue weighted by molar-refractivity contribution is -0.116. The van der Waals surface area contributed by atoms with Crippen molar-refractivity contribution in [3.8, 4) is 16.9 Å². The molecule has 15 heteroatoms. The highest BCUT2D eigenvalue weighted by Crippen LogP contribution is 2.37. The number of amides is 2. The molecule has 2 unspecified atom stereocenters. The summed E-state index contributed by atoms with van der Waals surface area (Å²) < 4.78 is 32.1. The largest absolute Gasteiger partial charge is 0.504 e. The quantitative estimate of drug-likeness (QED) is 0.300. The molecular weight excluding hydrogens is 586 g/mol. The Hall–Kier alpha value is -4.56. The molecule has 4 aromatic rings. The van der Waals surface area contributed by atoms with Gasteiger partial charge in [-0.3, -0.25) is 14.4 Å². The fraction of sp³-hybridized carbons (Fsp3) is 0.321. The minimum atomic E-state index is -1.71. The summed E-state index contributed by atoms with van der Waals surface area (Å²) in [4.78, 5) is 51.5. The number of pyridine rings is 1. The number of benzene rings is 1. The molecule has 2 amide bonds. The van der Waals surface area contributed by atoms with Gasteiger partial charge < -0.3 is 35.1 Å². The van der Waals surface area contributed by atoms with E-state index in [4.69, 9.17) is 17.3 Å². The number of primary amides is 1. The number of phenols is 1. The van der Waals surface area contributed by atoms with E-state index >= 15 is 4.39 Å². The number of carbonyl (C=O) groups excluding carboxylic acids is 2. The zero-order valence-corrected chi connectivity index (χ0v) is 23.9. The van der Waals surface area contributed by atoms with Gasteiger partial charge in [0.05, 0.1) is 34.2 Å². The van der Waals surface area contributed by atoms with Gasteiger partial charge in [0.2, 0.25) is 11.7 Å². The Morgan fingerprint density at radius 1 is 1.12 bits per heavy atom. The minimum absolute atomic E-state index is 0.0114. The molecule has 12 nitrogen and oxygen atoms in total. The molecule has 2 fully saturated rings. The molecule has 4 N–H and O–H groups in total. The number of fused-ring (bicyclic) bond motifs is 3. The van der Waals surface area contributed by atoms with Crippen molar-refractivity contribution in [3.05, 3.63) is 63.4 Å². The molecule has 0 spiro atoms. The van der Waals surface area contributed by atoms with Crippen LogP contribution in [0.25, 0.3) is 22.2 Å². The second-order valence-electron chi connectivity index (χ2n) is 10.9. The van der Waals surface area contributed by atoms with Crippen LogP contribution in [0.1, 0.15) is 23.2 Å². The van der Waals surface area contributed by atoms with E-state index in [1.165, 1.54) is 30.3 Å². The van der Waals surface area contributed by atoms with Gasteiger partial charge in [0.25, 0.3) is 11.5 Å². The number of halogens is 3. The Morgan fingerprint density at radius 3 is 2.49 bits per heavy atom. The Balaban J connectivity index is 1.35. The molecule has 2 saturated heterocycles. The smallest absolute Gasteiger partial charge is 0.263 e. The summed E-state index contributed by atoms with van der Waals surface area (Å²) in [7, 11) is 3.51. The maximum Gasteiger partial charge on any atom is 0.263 e. The topological polar surface area (TPSA) is 152 Å². The zero-order chi connectivity index (χ0) is 30.7. The van der Waals surface area contributed by atoms with E-state index in [2.05, 4.69) is 32.1 Å². The lowest BCUT2D eigenvalue weighted by Gasteiger charge is -2.40. The summed E-state index contributed by atoms with van der Waals surface area (Å²) in [5, 5.41) is 12.8. The van der Waals surface area contributed by atoms with Gasteiger partial charge in [0.15, 0.2) is 11.6 Å². The number of aromatic nitrogens is 4. The molecule has 0 saturated carbocycles. The van der Waals surface area contributed by atoms with Crippen LogP contribution in [0.4, 0.5) is 20.3 Å². The number of nitrogens with zero attached hydrogens (tertiary/aromatic N) is 6. The third-order valence-corrected chi connectivity index (χ3v) is 8.33. The fourth-order valence-corrected chi connectivity index (χ4v) is 6.24. The molecule has 5 heterocycles. The highest BCUT2D eigenvalue weighted by atomic mass is 35.5. The second kappa shape index (κ2) is 10.6. The van der Waals surface area contributed by atoms with Gasteiger partial charge >= 0.3 is 0 Å². The number of likely N-dealkylation sites (tertiary alicyclic amines) is 1. The molecule has 0 radical (unpaired) electrons. The molecule has 224 valence electrons. The average Bonchev–Trinajstić information content (AvgIpc) is 3.45. The van der Waals surface area contributed by atoms with Gasteiger partial charge in [-0.2, -0.15) is 4.39 Å². The van der Waals surface area contributed by atoms with Crippen molar-refractivity contribution >= 4 is 46.0 Å². The number of aryl methyl sites for hydroxylation is 1. The van der Waals surface area contributed by atoms with E-state index in [0.29, 0.717) is 23.6 Å². The molecule has 2 aliphatic heterocycles. The van der Waals surface area contributed by atoms with Gasteiger partial charge in [0.1, 0.15) is 18.0 Å². The van der Waals surface area contributed by atoms with Gasteiger partial charge in [-0.15, -0.1) is 0 Å². The summed E-state index contributed by atoms with van der Waals surface area (Å²) in [5.41, 5.74) is 3.64. The van der Waals surface area contributed by atoms with Crippen molar-refractivity contribution in [2.75, 3.05) is 30.4 Å². The molecule has 2 bridgehead atoms. The Kier molecular flexibility index (Phi) is 7.05. The van der Waals surface area contributed by atoms with Crippen LogP contribution >= 0.6 is 11.6 Å². The minimum Gasteiger partial charge on any atom is -0.504 e. The second-order valence-corrected chi connectivity index (χ2v) is 11.3. The van der Waals surface area contributed by atoms with E-state index in [-0.39, 0.29) is 28.2 Å². The average molecular weight is 613 g/mol. The van der Waals surface area contributed by atoms with Crippen LogP contribution in [0.3, 0.4) is 0 Å². The normalized spacial score (nSPS) is 18.4. The standard InChI is InChI=1S/C28H27ClF2N8O4/c1-36-8-13-3-4-14(9-36)39(13)20-6-19(18(29)7-33-20)35-21(40)11-38-10-17(22-27(38)34-12-37(2)28(22)43)15-5-16(26(32)42)25(41)24(31)23(15)30/h5-7,10,12-14,41H,3-4,8-9,11H2,1-2H3,(H2,32,42)(H,33,35,40). The molecule has 2 atom stereocenters. The first-order valence-electron chi connectivity index (χ1n) is 13.4. The third kappa shape index (κ3) is 4.85. The van der Waals surface area contributed by atoms with E-state index < -0.39 is 45.9 Å². The number of hydrogen-bond acceptors (Lipinski definition) is 8. The van der Waals surface area contributed by atoms with Crippen LogP contribution in [0.2, 0.25) is 5.02 Å². The number of rotatable bonds is 6. The first-order chi connectivity index (χ1) is 20.4. The predicted octanol–water partition coefficient (Wildman–Crippen LogP) is 2.45. The molecular formula is C28H27ClF2N8O4. The van der Waals surface area contributed by atoms with Crippen LogP contribution in [-0.2, 0) is 18.4 Å². The molecule has 6 rings (SSSR count). The Labute approximate surface area is 248 Å². The highest BCUT2D eigenvalue weighted by Gasteiger charge is 2.39. The fourth-order valence-electron chi connectivity index (χ4n) is 6.09. The summed E-state index contributed by atoms with van der Waals surface area (Å²) >= 11 is 6.39. The summed E-state index contributed by atoms with van der Waals surface area (Å²) in [5.74, 6) is -5.50. The summed E-state index contributed by atoms with van der Waals surface area (Å²) in [6.45, 7) is 1.43.